The maximum absolute atomic E-state index is 11.2. The molecule has 0 fully saturated rings. The second kappa shape index (κ2) is 22.7. The van der Waals surface area contributed by atoms with Crippen LogP contribution in [0.15, 0.2) is 217 Å². The number of nitrogens with zero attached hydrogens (tertiary/aromatic N) is 3. The van der Waals surface area contributed by atoms with Gasteiger partial charge in [-0.15, -0.1) is 0 Å². The molecule has 7 aromatic carbocycles. The molecule has 0 aliphatic heterocycles. The van der Waals surface area contributed by atoms with Gasteiger partial charge in [-0.3, -0.25) is 0 Å². The van der Waals surface area contributed by atoms with Crippen LogP contribution in [-0.2, 0) is 9.59 Å². The molecule has 7 rings (SSSR count). The van der Waals surface area contributed by atoms with Crippen LogP contribution in [0.2, 0.25) is 0 Å². The van der Waals surface area contributed by atoms with Gasteiger partial charge in [-0.05, 0) is 110 Å². The molecule has 0 amide bonds. The van der Waals surface area contributed by atoms with Gasteiger partial charge in [0.1, 0.15) is 23.3 Å². The molecule has 322 valence electrons. The maximum atomic E-state index is 11.2. The molecule has 7 heteroatoms. The predicted octanol–water partition coefficient (Wildman–Crippen LogP) is 14.2. The third-order valence-electron chi connectivity index (χ3n) is 10.5. The zero-order chi connectivity index (χ0) is 46.8. The summed E-state index contributed by atoms with van der Waals surface area (Å²) in [4.78, 5) is 24.6. The van der Waals surface area contributed by atoms with Crippen LogP contribution < -0.4 is 4.90 Å². The normalized spacial score (nSPS) is 11.7. The van der Waals surface area contributed by atoms with Crippen molar-refractivity contribution in [3.05, 3.63) is 268 Å². The predicted molar refractivity (Wildman–Crippen MR) is 272 cm³/mol. The van der Waals surface area contributed by atoms with Crippen molar-refractivity contribution in [2.45, 2.75) is 0 Å². The molecule has 0 radical (unpaired) electrons. The quantitative estimate of drug-likeness (QED) is 0.0429. The summed E-state index contributed by atoms with van der Waals surface area (Å²) in [6, 6.07) is 64.1. The first-order chi connectivity index (χ1) is 32.8. The van der Waals surface area contributed by atoms with Gasteiger partial charge >= 0.3 is 11.9 Å². The van der Waals surface area contributed by atoms with Crippen LogP contribution in [0.25, 0.3) is 48.1 Å². The Balaban J connectivity index is 1.11. The van der Waals surface area contributed by atoms with E-state index < -0.39 is 11.9 Å². The van der Waals surface area contributed by atoms with Crippen molar-refractivity contribution in [2.75, 3.05) is 4.90 Å². The van der Waals surface area contributed by atoms with Gasteiger partial charge in [-0.1, -0.05) is 194 Å². The van der Waals surface area contributed by atoms with Gasteiger partial charge in [0.25, 0.3) is 0 Å². The maximum Gasteiger partial charge on any atom is 0.346 e. The Hall–Kier alpha value is -9.56. The zero-order valence-electron chi connectivity index (χ0n) is 36.2. The molecule has 7 nitrogen and oxygen atoms in total. The molecule has 0 spiro atoms. The molecule has 2 N–H and O–H groups in total. The molecule has 0 aliphatic rings. The molecule has 0 aromatic heterocycles. The fraction of sp³-hybridized carbons (Fsp3) is 0. The number of allylic oxidation sites excluding steroid dienone is 4. The molecule has 7 aromatic rings. The Bertz CT molecular complexity index is 2940. The van der Waals surface area contributed by atoms with Crippen LogP contribution in [0.5, 0.6) is 0 Å². The molecule has 0 heterocycles. The summed E-state index contributed by atoms with van der Waals surface area (Å²) in [5, 5.41) is 36.4. The van der Waals surface area contributed by atoms with Crippen LogP contribution in [0, 0.1) is 22.7 Å². The number of aliphatic carboxylic acids is 2. The van der Waals surface area contributed by atoms with Crippen LogP contribution in [0.1, 0.15) is 50.1 Å². The van der Waals surface area contributed by atoms with E-state index in [4.69, 9.17) is 20.7 Å². The summed E-state index contributed by atoms with van der Waals surface area (Å²) in [6.07, 6.45) is 20.7. The molecule has 0 saturated heterocycles. The van der Waals surface area contributed by atoms with E-state index in [1.54, 1.807) is 36.4 Å². The van der Waals surface area contributed by atoms with Gasteiger partial charge in [-0.25, -0.2) is 9.59 Å². The van der Waals surface area contributed by atoms with Crippen molar-refractivity contribution >= 4 is 77.1 Å². The van der Waals surface area contributed by atoms with Crippen LogP contribution in [0.3, 0.4) is 0 Å². The number of carboxylic acid groups (broad SMARTS) is 2. The van der Waals surface area contributed by atoms with E-state index in [1.165, 1.54) is 12.2 Å². The third-order valence-corrected chi connectivity index (χ3v) is 10.5. The number of benzene rings is 7. The fourth-order valence-electron chi connectivity index (χ4n) is 7.06. The summed E-state index contributed by atoms with van der Waals surface area (Å²) in [5.74, 6) is -2.51. The first-order valence-electron chi connectivity index (χ1n) is 21.3. The van der Waals surface area contributed by atoms with Crippen molar-refractivity contribution in [1.82, 2.24) is 0 Å². The average Bonchev–Trinajstić information content (AvgIpc) is 3.37. The fourth-order valence-corrected chi connectivity index (χ4v) is 7.06. The number of rotatable bonds is 16. The lowest BCUT2D eigenvalue weighted by molar-refractivity contribution is -0.133. The minimum absolute atomic E-state index is 0.315. The zero-order valence-corrected chi connectivity index (χ0v) is 36.2. The summed E-state index contributed by atoms with van der Waals surface area (Å²) in [5.41, 5.74) is 12.0. The third kappa shape index (κ3) is 12.8. The molecule has 67 heavy (non-hydrogen) atoms. The molecule has 0 atom stereocenters. The smallest absolute Gasteiger partial charge is 0.346 e. The summed E-state index contributed by atoms with van der Waals surface area (Å²) < 4.78 is 0. The monoisotopic (exact) mass is 869 g/mol. The van der Waals surface area contributed by atoms with E-state index in [0.717, 1.165) is 61.6 Å². The average molecular weight is 870 g/mol. The Labute approximate surface area is 390 Å². The van der Waals surface area contributed by atoms with Gasteiger partial charge in [0.15, 0.2) is 0 Å². The topological polar surface area (TPSA) is 125 Å². The Morgan fingerprint density at radius 2 is 0.642 bits per heavy atom. The highest BCUT2D eigenvalue weighted by atomic mass is 16.4. The minimum Gasteiger partial charge on any atom is -0.477 e. The molecule has 0 unspecified atom stereocenters. The number of anilines is 3. The van der Waals surface area contributed by atoms with Crippen molar-refractivity contribution < 1.29 is 19.8 Å². The van der Waals surface area contributed by atoms with E-state index in [0.29, 0.717) is 11.1 Å². The van der Waals surface area contributed by atoms with Crippen molar-refractivity contribution in [3.8, 4) is 12.1 Å². The Morgan fingerprint density at radius 3 is 0.940 bits per heavy atom. The highest BCUT2D eigenvalue weighted by molar-refractivity contribution is 5.97. The van der Waals surface area contributed by atoms with Crippen molar-refractivity contribution in [1.29, 1.82) is 10.5 Å². The van der Waals surface area contributed by atoms with Crippen molar-refractivity contribution in [3.63, 3.8) is 0 Å². The Morgan fingerprint density at radius 1 is 0.373 bits per heavy atom. The second-order valence-corrected chi connectivity index (χ2v) is 15.1. The van der Waals surface area contributed by atoms with E-state index >= 15 is 0 Å². The molecular formula is C60H43N3O4. The first-order valence-corrected chi connectivity index (χ1v) is 21.3. The van der Waals surface area contributed by atoms with E-state index in [9.17, 15) is 9.59 Å². The van der Waals surface area contributed by atoms with Crippen molar-refractivity contribution in [2.24, 2.45) is 0 Å². The summed E-state index contributed by atoms with van der Waals surface area (Å²) >= 11 is 0. The second-order valence-electron chi connectivity index (χ2n) is 15.1. The lowest BCUT2D eigenvalue weighted by Gasteiger charge is -2.26. The lowest BCUT2D eigenvalue weighted by Crippen LogP contribution is -2.09. The number of hydrogen-bond donors (Lipinski definition) is 2. The molecular weight excluding hydrogens is 827 g/mol. The Kier molecular flexibility index (Phi) is 15.4. The molecule has 0 bridgehead atoms. The number of hydrogen-bond acceptors (Lipinski definition) is 5. The van der Waals surface area contributed by atoms with E-state index in [-0.39, 0.29) is 11.1 Å². The first kappa shape index (κ1) is 45.5. The summed E-state index contributed by atoms with van der Waals surface area (Å²) in [7, 11) is 0. The van der Waals surface area contributed by atoms with Gasteiger partial charge in [-0.2, -0.15) is 10.5 Å². The SMILES string of the molecule is N#C/C(=C\c1ccc(/C=C/C=C/c2ccc(N(c3ccc(C=C(c4ccccc4)c4ccccc4)cc3)c3ccc(/C=C/C=C/c4ccc(/C=C(\C#N)C(=O)O)cc4)cc3)cc2)cc1)C(=O)O. The van der Waals surface area contributed by atoms with Gasteiger partial charge in [0.05, 0.1) is 0 Å². The van der Waals surface area contributed by atoms with Crippen LogP contribution in [0.4, 0.5) is 17.1 Å². The van der Waals surface area contributed by atoms with Gasteiger partial charge in [0, 0.05) is 17.1 Å². The molecule has 0 aliphatic carbocycles. The van der Waals surface area contributed by atoms with E-state index in [1.807, 2.05) is 85.0 Å². The summed E-state index contributed by atoms with van der Waals surface area (Å²) in [6.45, 7) is 0. The van der Waals surface area contributed by atoms with E-state index in [2.05, 4.69) is 132 Å². The highest BCUT2D eigenvalue weighted by Crippen LogP contribution is 2.36. The van der Waals surface area contributed by atoms with Gasteiger partial charge in [0.2, 0.25) is 0 Å². The largest absolute Gasteiger partial charge is 0.477 e. The highest BCUT2D eigenvalue weighted by Gasteiger charge is 2.13. The number of carboxylic acids is 2. The number of carbonyl (C=O) groups is 2. The molecule has 0 saturated carbocycles. The number of nitriles is 2. The lowest BCUT2D eigenvalue weighted by atomic mass is 9.95. The minimum atomic E-state index is -1.25. The standard InChI is InChI=1S/C60H43N3O4/c61-42-53(59(64)65)39-48-23-19-44(20-24-48)11-7-9-13-46-27-33-55(34-28-46)63(57-37-31-50(32-38-57)41-58(51-15-3-1-4-16-51)52-17-5-2-6-18-52)56-35-29-47(30-36-56)14-10-8-12-45-21-25-49(26-22-45)40-54(43-62)60(66)67/h1-41H,(H,64,65)(H,66,67)/b11-7+,12-8+,13-9+,14-10+,53-39+,54-40+. The van der Waals surface area contributed by atoms with Crippen LogP contribution >= 0.6 is 0 Å². The van der Waals surface area contributed by atoms with Crippen LogP contribution in [-0.4, -0.2) is 22.2 Å². The van der Waals surface area contributed by atoms with Gasteiger partial charge < -0.3 is 15.1 Å².